The van der Waals surface area contributed by atoms with Crippen molar-refractivity contribution in [2.45, 2.75) is 20.4 Å². The molecule has 0 saturated carbocycles. The van der Waals surface area contributed by atoms with Gasteiger partial charge in [-0.2, -0.15) is 0 Å². The van der Waals surface area contributed by atoms with E-state index in [4.69, 9.17) is 0 Å². The standard InChI is InChI=1S/C21H21N3O/c1-15-8-6-9-16(2)19(15)24-20-18(12-7-13-22-20)21(25)23-14-17-10-4-3-5-11-17/h3-13H,14H2,1-2H3,(H,22,24)(H,23,25). The highest BCUT2D eigenvalue weighted by Crippen LogP contribution is 2.25. The molecule has 0 spiro atoms. The van der Waals surface area contributed by atoms with Gasteiger partial charge in [0.1, 0.15) is 5.82 Å². The van der Waals surface area contributed by atoms with E-state index in [1.165, 1.54) is 0 Å². The quantitative estimate of drug-likeness (QED) is 0.730. The van der Waals surface area contributed by atoms with Gasteiger partial charge in [-0.3, -0.25) is 4.79 Å². The van der Waals surface area contributed by atoms with Crippen LogP contribution in [0.4, 0.5) is 11.5 Å². The molecular weight excluding hydrogens is 310 g/mol. The molecule has 25 heavy (non-hydrogen) atoms. The molecule has 0 aliphatic carbocycles. The minimum atomic E-state index is -0.148. The van der Waals surface area contributed by atoms with Crippen LogP contribution in [0.5, 0.6) is 0 Å². The molecule has 0 radical (unpaired) electrons. The summed E-state index contributed by atoms with van der Waals surface area (Å²) in [5.74, 6) is 0.413. The number of hydrogen-bond acceptors (Lipinski definition) is 3. The Balaban J connectivity index is 1.80. The average molecular weight is 331 g/mol. The Hall–Kier alpha value is -3.14. The molecule has 1 amide bonds. The number of carbonyl (C=O) groups is 1. The zero-order valence-corrected chi connectivity index (χ0v) is 14.4. The average Bonchev–Trinajstić information content (AvgIpc) is 2.64. The van der Waals surface area contributed by atoms with E-state index in [-0.39, 0.29) is 5.91 Å². The number of pyridine rings is 1. The number of aryl methyl sites for hydroxylation is 2. The predicted octanol–water partition coefficient (Wildman–Crippen LogP) is 4.37. The van der Waals surface area contributed by atoms with Crippen LogP contribution in [0.15, 0.2) is 66.9 Å². The highest BCUT2D eigenvalue weighted by molar-refractivity contribution is 5.99. The van der Waals surface area contributed by atoms with Gasteiger partial charge in [-0.05, 0) is 42.7 Å². The predicted molar refractivity (Wildman–Crippen MR) is 101 cm³/mol. The Morgan fingerprint density at radius 3 is 2.36 bits per heavy atom. The minimum absolute atomic E-state index is 0.148. The first-order chi connectivity index (χ1) is 12.1. The number of carbonyl (C=O) groups excluding carboxylic acids is 1. The second-order valence-corrected chi connectivity index (χ2v) is 5.96. The van der Waals surface area contributed by atoms with Crippen LogP contribution in [0.1, 0.15) is 27.0 Å². The first-order valence-corrected chi connectivity index (χ1v) is 8.25. The number of para-hydroxylation sites is 1. The molecule has 4 heteroatoms. The van der Waals surface area contributed by atoms with Crippen LogP contribution in [0.25, 0.3) is 0 Å². The van der Waals surface area contributed by atoms with Crippen molar-refractivity contribution in [3.63, 3.8) is 0 Å². The van der Waals surface area contributed by atoms with E-state index in [1.807, 2.05) is 62.4 Å². The largest absolute Gasteiger partial charge is 0.348 e. The maximum atomic E-state index is 12.6. The summed E-state index contributed by atoms with van der Waals surface area (Å²) < 4.78 is 0. The van der Waals surface area contributed by atoms with E-state index in [0.29, 0.717) is 17.9 Å². The van der Waals surface area contributed by atoms with E-state index in [9.17, 15) is 4.79 Å². The molecule has 126 valence electrons. The van der Waals surface area contributed by atoms with Crippen molar-refractivity contribution in [3.05, 3.63) is 89.1 Å². The van der Waals surface area contributed by atoms with Gasteiger partial charge >= 0.3 is 0 Å². The van der Waals surface area contributed by atoms with Gasteiger partial charge in [-0.1, -0.05) is 48.5 Å². The van der Waals surface area contributed by atoms with E-state index >= 15 is 0 Å². The summed E-state index contributed by atoms with van der Waals surface area (Å²) in [6.45, 7) is 4.55. The van der Waals surface area contributed by atoms with Crippen molar-refractivity contribution in [1.29, 1.82) is 0 Å². The highest BCUT2D eigenvalue weighted by atomic mass is 16.1. The zero-order chi connectivity index (χ0) is 17.6. The first kappa shape index (κ1) is 16.7. The van der Waals surface area contributed by atoms with Crippen molar-refractivity contribution in [1.82, 2.24) is 10.3 Å². The van der Waals surface area contributed by atoms with Crippen molar-refractivity contribution in [3.8, 4) is 0 Å². The third-order valence-electron chi connectivity index (χ3n) is 4.07. The number of benzene rings is 2. The monoisotopic (exact) mass is 331 g/mol. The van der Waals surface area contributed by atoms with Crippen LogP contribution < -0.4 is 10.6 Å². The molecule has 2 N–H and O–H groups in total. The van der Waals surface area contributed by atoms with E-state index in [1.54, 1.807) is 18.3 Å². The number of nitrogens with zero attached hydrogens (tertiary/aromatic N) is 1. The summed E-state index contributed by atoms with van der Waals surface area (Å²) in [5.41, 5.74) is 4.80. The number of rotatable bonds is 5. The van der Waals surface area contributed by atoms with E-state index in [0.717, 1.165) is 22.4 Å². The Morgan fingerprint density at radius 2 is 1.64 bits per heavy atom. The van der Waals surface area contributed by atoms with Crippen LogP contribution in [0.2, 0.25) is 0 Å². The Morgan fingerprint density at radius 1 is 0.920 bits per heavy atom. The van der Waals surface area contributed by atoms with E-state index in [2.05, 4.69) is 15.6 Å². The minimum Gasteiger partial charge on any atom is -0.348 e. The topological polar surface area (TPSA) is 54.0 Å². The maximum absolute atomic E-state index is 12.6. The maximum Gasteiger partial charge on any atom is 0.255 e. The van der Waals surface area contributed by atoms with Crippen molar-refractivity contribution in [2.75, 3.05) is 5.32 Å². The van der Waals surface area contributed by atoms with Gasteiger partial charge < -0.3 is 10.6 Å². The van der Waals surface area contributed by atoms with Gasteiger partial charge in [0.2, 0.25) is 0 Å². The number of aromatic nitrogens is 1. The molecule has 0 fully saturated rings. The normalized spacial score (nSPS) is 10.3. The van der Waals surface area contributed by atoms with Crippen molar-refractivity contribution in [2.24, 2.45) is 0 Å². The van der Waals surface area contributed by atoms with Gasteiger partial charge in [-0.25, -0.2) is 4.98 Å². The molecule has 0 aliphatic heterocycles. The third-order valence-corrected chi connectivity index (χ3v) is 4.07. The molecular formula is C21H21N3O. The molecule has 1 heterocycles. The smallest absolute Gasteiger partial charge is 0.255 e. The molecule has 2 aromatic carbocycles. The molecule has 0 unspecified atom stereocenters. The fraction of sp³-hybridized carbons (Fsp3) is 0.143. The second kappa shape index (κ2) is 7.62. The van der Waals surface area contributed by atoms with Crippen LogP contribution in [-0.2, 0) is 6.54 Å². The lowest BCUT2D eigenvalue weighted by Crippen LogP contribution is -2.24. The lowest BCUT2D eigenvalue weighted by atomic mass is 10.1. The molecule has 0 bridgehead atoms. The molecule has 0 aliphatic rings. The zero-order valence-electron chi connectivity index (χ0n) is 14.4. The molecule has 0 saturated heterocycles. The van der Waals surface area contributed by atoms with Crippen LogP contribution in [0.3, 0.4) is 0 Å². The lowest BCUT2D eigenvalue weighted by molar-refractivity contribution is 0.0951. The van der Waals surface area contributed by atoms with Gasteiger partial charge in [-0.15, -0.1) is 0 Å². The van der Waals surface area contributed by atoms with Gasteiger partial charge in [0.15, 0.2) is 0 Å². The second-order valence-electron chi connectivity index (χ2n) is 5.96. The van der Waals surface area contributed by atoms with Crippen LogP contribution in [-0.4, -0.2) is 10.9 Å². The number of anilines is 2. The summed E-state index contributed by atoms with van der Waals surface area (Å²) in [6.07, 6.45) is 1.68. The van der Waals surface area contributed by atoms with Gasteiger partial charge in [0.05, 0.1) is 5.56 Å². The summed E-state index contributed by atoms with van der Waals surface area (Å²) in [7, 11) is 0. The van der Waals surface area contributed by atoms with E-state index < -0.39 is 0 Å². The molecule has 1 aromatic heterocycles. The first-order valence-electron chi connectivity index (χ1n) is 8.25. The highest BCUT2D eigenvalue weighted by Gasteiger charge is 2.13. The third kappa shape index (κ3) is 4.04. The fourth-order valence-corrected chi connectivity index (χ4v) is 2.69. The summed E-state index contributed by atoms with van der Waals surface area (Å²) >= 11 is 0. The van der Waals surface area contributed by atoms with Gasteiger partial charge in [0, 0.05) is 18.4 Å². The summed E-state index contributed by atoms with van der Waals surface area (Å²) in [6, 6.07) is 19.5. The van der Waals surface area contributed by atoms with Crippen molar-refractivity contribution < 1.29 is 4.79 Å². The van der Waals surface area contributed by atoms with Crippen molar-refractivity contribution >= 4 is 17.4 Å². The lowest BCUT2D eigenvalue weighted by Gasteiger charge is -2.15. The Labute approximate surface area is 147 Å². The Kier molecular flexibility index (Phi) is 5.09. The Bertz CT molecular complexity index is 855. The molecule has 4 nitrogen and oxygen atoms in total. The number of amides is 1. The van der Waals surface area contributed by atoms with Crippen LogP contribution in [0, 0.1) is 13.8 Å². The summed E-state index contributed by atoms with van der Waals surface area (Å²) in [5, 5.41) is 6.27. The molecule has 3 aromatic rings. The summed E-state index contributed by atoms with van der Waals surface area (Å²) in [4.78, 5) is 17.0. The number of nitrogens with one attached hydrogen (secondary N) is 2. The number of hydrogen-bond donors (Lipinski definition) is 2. The fourth-order valence-electron chi connectivity index (χ4n) is 2.69. The van der Waals surface area contributed by atoms with Crippen LogP contribution >= 0.6 is 0 Å². The SMILES string of the molecule is Cc1cccc(C)c1Nc1ncccc1C(=O)NCc1ccccc1. The molecule has 3 rings (SSSR count). The van der Waals surface area contributed by atoms with Gasteiger partial charge in [0.25, 0.3) is 5.91 Å². The molecule has 0 atom stereocenters.